The van der Waals surface area contributed by atoms with Crippen LogP contribution in [0.25, 0.3) is 10.2 Å². The summed E-state index contributed by atoms with van der Waals surface area (Å²) in [5.74, 6) is -0.172. The molecule has 1 aromatic heterocycles. The van der Waals surface area contributed by atoms with Gasteiger partial charge in [-0.1, -0.05) is 24.8 Å². The van der Waals surface area contributed by atoms with E-state index in [-0.39, 0.29) is 23.3 Å². The minimum Gasteiger partial charge on any atom is -0.326 e. The second-order valence-electron chi connectivity index (χ2n) is 6.10. The first-order chi connectivity index (χ1) is 13.9. The summed E-state index contributed by atoms with van der Waals surface area (Å²) in [4.78, 5) is 38.7. The van der Waals surface area contributed by atoms with Crippen LogP contribution >= 0.6 is 23.1 Å². The zero-order chi connectivity index (χ0) is 20.8. The average molecular weight is 431 g/mol. The molecule has 0 spiro atoms. The van der Waals surface area contributed by atoms with Crippen molar-refractivity contribution in [2.75, 3.05) is 16.4 Å². The Morgan fingerprint density at radius 1 is 1.14 bits per heavy atom. The molecule has 2 aromatic carbocycles. The number of aromatic nitrogens is 1. The Morgan fingerprint density at radius 3 is 2.66 bits per heavy atom. The molecule has 150 valence electrons. The van der Waals surface area contributed by atoms with Gasteiger partial charge in [0.1, 0.15) is 0 Å². The van der Waals surface area contributed by atoms with Gasteiger partial charge in [-0.3, -0.25) is 19.7 Å². The normalized spacial score (nSPS) is 10.7. The van der Waals surface area contributed by atoms with Gasteiger partial charge in [0.25, 0.3) is 5.69 Å². The van der Waals surface area contributed by atoms with E-state index in [1.54, 1.807) is 12.1 Å². The number of amides is 2. The number of non-ortho nitro benzene ring substituents is 1. The van der Waals surface area contributed by atoms with Gasteiger partial charge >= 0.3 is 0 Å². The Hall–Kier alpha value is -2.98. The van der Waals surface area contributed by atoms with Gasteiger partial charge in [-0.25, -0.2) is 4.98 Å². The van der Waals surface area contributed by atoms with Crippen molar-refractivity contribution >= 4 is 62.2 Å². The fourth-order valence-electron chi connectivity index (χ4n) is 2.52. The molecule has 2 N–H and O–H groups in total. The maximum Gasteiger partial charge on any atom is 0.271 e. The van der Waals surface area contributed by atoms with Crippen molar-refractivity contribution in [1.82, 2.24) is 4.98 Å². The third-order valence-electron chi connectivity index (χ3n) is 3.80. The first kappa shape index (κ1) is 20.7. The van der Waals surface area contributed by atoms with Crippen molar-refractivity contribution in [2.45, 2.75) is 24.1 Å². The molecule has 10 heteroatoms. The third kappa shape index (κ3) is 5.75. The summed E-state index contributed by atoms with van der Waals surface area (Å²) in [6.45, 7) is 1.95. The fraction of sp³-hybridized carbons (Fsp3) is 0.211. The van der Waals surface area contributed by atoms with E-state index >= 15 is 0 Å². The predicted molar refractivity (Wildman–Crippen MR) is 116 cm³/mol. The fourth-order valence-corrected chi connectivity index (χ4v) is 4.42. The standard InChI is InChI=1S/C19H18N4O4S2/c1-2-4-17(24)20-13-7-8-15-16(10-13)29-19(22-15)28-11-18(25)21-12-5-3-6-14(9-12)23(26)27/h3,5-10H,2,4,11H2,1H3,(H,20,24)(H,21,25). The van der Waals surface area contributed by atoms with E-state index < -0.39 is 4.92 Å². The van der Waals surface area contributed by atoms with Gasteiger partial charge < -0.3 is 10.6 Å². The number of thiazole rings is 1. The molecule has 0 radical (unpaired) electrons. The molecule has 3 aromatic rings. The number of nitro benzene ring substituents is 1. The number of rotatable bonds is 8. The lowest BCUT2D eigenvalue weighted by Gasteiger charge is -2.03. The van der Waals surface area contributed by atoms with Crippen LogP contribution < -0.4 is 10.6 Å². The molecule has 29 heavy (non-hydrogen) atoms. The highest BCUT2D eigenvalue weighted by atomic mass is 32.2. The Bertz CT molecular complexity index is 1070. The number of anilines is 2. The van der Waals surface area contributed by atoms with Crippen LogP contribution in [-0.4, -0.2) is 27.5 Å². The van der Waals surface area contributed by atoms with Crippen molar-refractivity contribution in [1.29, 1.82) is 0 Å². The van der Waals surface area contributed by atoms with Gasteiger partial charge in [-0.2, -0.15) is 0 Å². The summed E-state index contributed by atoms with van der Waals surface area (Å²) in [6.07, 6.45) is 1.26. The highest BCUT2D eigenvalue weighted by Crippen LogP contribution is 2.31. The van der Waals surface area contributed by atoms with Gasteiger partial charge in [-0.05, 0) is 30.7 Å². The molecule has 8 nitrogen and oxygen atoms in total. The molecular weight excluding hydrogens is 412 g/mol. The van der Waals surface area contributed by atoms with Gasteiger partial charge in [0.05, 0.1) is 20.9 Å². The first-order valence-electron chi connectivity index (χ1n) is 8.82. The number of nitro groups is 1. The van der Waals surface area contributed by atoms with E-state index in [4.69, 9.17) is 0 Å². The van der Waals surface area contributed by atoms with Gasteiger partial charge in [-0.15, -0.1) is 11.3 Å². The topological polar surface area (TPSA) is 114 Å². The number of nitrogens with zero attached hydrogens (tertiary/aromatic N) is 2. The molecule has 0 aliphatic rings. The SMILES string of the molecule is CCCC(=O)Nc1ccc2nc(SCC(=O)Nc3cccc([N+](=O)[O-])c3)sc2c1. The summed E-state index contributed by atoms with van der Waals surface area (Å²) in [5, 5.41) is 16.3. The molecular formula is C19H18N4O4S2. The van der Waals surface area contributed by atoms with Gasteiger partial charge in [0.2, 0.25) is 11.8 Å². The maximum absolute atomic E-state index is 12.1. The summed E-state index contributed by atoms with van der Waals surface area (Å²) >= 11 is 2.72. The molecule has 0 atom stereocenters. The minimum atomic E-state index is -0.509. The Kier molecular flexibility index (Phi) is 6.78. The summed E-state index contributed by atoms with van der Waals surface area (Å²) in [5.41, 5.74) is 1.81. The number of benzene rings is 2. The second-order valence-corrected chi connectivity index (χ2v) is 8.36. The van der Waals surface area contributed by atoms with Crippen LogP contribution in [0.2, 0.25) is 0 Å². The molecule has 0 bridgehead atoms. The molecule has 0 aliphatic carbocycles. The smallest absolute Gasteiger partial charge is 0.271 e. The van der Waals surface area contributed by atoms with Crippen LogP contribution in [0.15, 0.2) is 46.8 Å². The van der Waals surface area contributed by atoms with Crippen LogP contribution in [0.3, 0.4) is 0 Å². The second kappa shape index (κ2) is 9.48. The quantitative estimate of drug-likeness (QED) is 0.305. The van der Waals surface area contributed by atoms with Crippen molar-refractivity contribution in [2.24, 2.45) is 0 Å². The van der Waals surface area contributed by atoms with Crippen LogP contribution in [0, 0.1) is 10.1 Å². The van der Waals surface area contributed by atoms with Crippen molar-refractivity contribution in [3.63, 3.8) is 0 Å². The highest BCUT2D eigenvalue weighted by molar-refractivity contribution is 8.01. The molecule has 1 heterocycles. The Morgan fingerprint density at radius 2 is 1.90 bits per heavy atom. The van der Waals surface area contributed by atoms with E-state index in [2.05, 4.69) is 15.6 Å². The number of hydrogen-bond donors (Lipinski definition) is 2. The van der Waals surface area contributed by atoms with Gasteiger partial charge in [0.15, 0.2) is 4.34 Å². The highest BCUT2D eigenvalue weighted by Gasteiger charge is 2.11. The van der Waals surface area contributed by atoms with E-state index in [0.717, 1.165) is 26.7 Å². The number of nitrogens with one attached hydrogen (secondary N) is 2. The molecule has 0 unspecified atom stereocenters. The first-order valence-corrected chi connectivity index (χ1v) is 10.6. The van der Waals surface area contributed by atoms with Crippen molar-refractivity contribution in [3.8, 4) is 0 Å². The molecule has 0 aliphatic heterocycles. The lowest BCUT2D eigenvalue weighted by molar-refractivity contribution is -0.384. The zero-order valence-corrected chi connectivity index (χ0v) is 17.1. The number of thioether (sulfide) groups is 1. The molecule has 0 saturated carbocycles. The molecule has 0 saturated heterocycles. The Labute approximate surface area is 174 Å². The largest absolute Gasteiger partial charge is 0.326 e. The lowest BCUT2D eigenvalue weighted by atomic mass is 10.2. The zero-order valence-electron chi connectivity index (χ0n) is 15.5. The molecule has 2 amide bonds. The summed E-state index contributed by atoms with van der Waals surface area (Å²) < 4.78 is 1.65. The van der Waals surface area contributed by atoms with Crippen LogP contribution in [0.1, 0.15) is 19.8 Å². The number of carbonyl (C=O) groups excluding carboxylic acids is 2. The average Bonchev–Trinajstić information content (AvgIpc) is 3.09. The number of hydrogen-bond acceptors (Lipinski definition) is 7. The van der Waals surface area contributed by atoms with E-state index in [1.165, 1.54) is 41.3 Å². The van der Waals surface area contributed by atoms with Crippen molar-refractivity contribution in [3.05, 3.63) is 52.6 Å². The third-order valence-corrected chi connectivity index (χ3v) is 5.96. The van der Waals surface area contributed by atoms with E-state index in [9.17, 15) is 19.7 Å². The van der Waals surface area contributed by atoms with Crippen LogP contribution in [0.4, 0.5) is 17.1 Å². The van der Waals surface area contributed by atoms with Gasteiger partial charge in [0, 0.05) is 29.9 Å². The number of carbonyl (C=O) groups is 2. The van der Waals surface area contributed by atoms with Crippen LogP contribution in [-0.2, 0) is 9.59 Å². The molecule has 3 rings (SSSR count). The van der Waals surface area contributed by atoms with E-state index in [1.807, 2.05) is 19.1 Å². The minimum absolute atomic E-state index is 0.0243. The maximum atomic E-state index is 12.1. The summed E-state index contributed by atoms with van der Waals surface area (Å²) in [7, 11) is 0. The van der Waals surface area contributed by atoms with E-state index in [0.29, 0.717) is 12.1 Å². The lowest BCUT2D eigenvalue weighted by Crippen LogP contribution is -2.13. The van der Waals surface area contributed by atoms with Crippen LogP contribution in [0.5, 0.6) is 0 Å². The molecule has 0 fully saturated rings. The number of fused-ring (bicyclic) bond motifs is 1. The Balaban J connectivity index is 1.60. The summed E-state index contributed by atoms with van der Waals surface area (Å²) in [6, 6.07) is 11.3. The monoisotopic (exact) mass is 430 g/mol. The van der Waals surface area contributed by atoms with Crippen molar-refractivity contribution < 1.29 is 14.5 Å². The predicted octanol–water partition coefficient (Wildman–Crippen LogP) is 4.67.